The molecule has 4 aromatic carbocycles. The maximum absolute atomic E-state index is 14.1. The smallest absolute Gasteiger partial charge is 0.268 e. The quantitative estimate of drug-likeness (QED) is 0.169. The van der Waals surface area contributed by atoms with Gasteiger partial charge in [0.25, 0.3) is 11.8 Å². The van der Waals surface area contributed by atoms with Crippen LogP contribution in [0.5, 0.6) is 5.75 Å². The minimum absolute atomic E-state index is 0.141. The molecule has 41 heavy (non-hydrogen) atoms. The van der Waals surface area contributed by atoms with Crippen molar-refractivity contribution in [3.8, 4) is 5.75 Å². The minimum atomic E-state index is -0.170. The van der Waals surface area contributed by atoms with Gasteiger partial charge in [-0.25, -0.2) is 0 Å². The van der Waals surface area contributed by atoms with Crippen molar-refractivity contribution < 1.29 is 14.3 Å². The third-order valence-electron chi connectivity index (χ3n) is 6.76. The number of ether oxygens (including phenoxy) is 1. The van der Waals surface area contributed by atoms with Gasteiger partial charge in [-0.3, -0.25) is 9.59 Å². The first-order chi connectivity index (χ1) is 20.1. The Bertz CT molecular complexity index is 1470. The number of hydrogen-bond acceptors (Lipinski definition) is 4. The van der Waals surface area contributed by atoms with E-state index in [1.165, 1.54) is 18.4 Å². The van der Waals surface area contributed by atoms with E-state index in [-0.39, 0.29) is 11.8 Å². The van der Waals surface area contributed by atoms with Gasteiger partial charge in [0, 0.05) is 32.2 Å². The van der Waals surface area contributed by atoms with Crippen molar-refractivity contribution in [3.05, 3.63) is 159 Å². The van der Waals surface area contributed by atoms with Crippen LogP contribution in [0.3, 0.4) is 0 Å². The molecule has 0 aliphatic heterocycles. The van der Waals surface area contributed by atoms with Gasteiger partial charge in [0.1, 0.15) is 10.6 Å². The average Bonchev–Trinajstić information content (AvgIpc) is 3.46. The number of methoxy groups -OCH3 is 1. The molecule has 0 saturated heterocycles. The van der Waals surface area contributed by atoms with Gasteiger partial charge in [-0.05, 0) is 22.3 Å². The molecule has 1 aromatic heterocycles. The highest BCUT2D eigenvalue weighted by Crippen LogP contribution is 2.33. The van der Waals surface area contributed by atoms with E-state index in [4.69, 9.17) is 4.74 Å². The van der Waals surface area contributed by atoms with Crippen LogP contribution >= 0.6 is 11.3 Å². The first-order valence-electron chi connectivity index (χ1n) is 13.5. The lowest BCUT2D eigenvalue weighted by Gasteiger charge is -2.23. The third-order valence-corrected chi connectivity index (χ3v) is 7.85. The van der Waals surface area contributed by atoms with Crippen LogP contribution in [0.15, 0.2) is 127 Å². The number of benzene rings is 4. The fraction of sp³-hybridized carbons (Fsp3) is 0.143. The molecule has 0 atom stereocenters. The Morgan fingerprint density at radius 1 is 0.561 bits per heavy atom. The van der Waals surface area contributed by atoms with Crippen LogP contribution in [-0.2, 0) is 26.2 Å². The van der Waals surface area contributed by atoms with E-state index in [1.807, 2.05) is 126 Å². The molecule has 0 radical (unpaired) electrons. The van der Waals surface area contributed by atoms with E-state index in [2.05, 4.69) is 0 Å². The minimum Gasteiger partial charge on any atom is -0.495 e. The van der Waals surface area contributed by atoms with E-state index in [0.717, 1.165) is 22.3 Å². The topological polar surface area (TPSA) is 49.9 Å². The largest absolute Gasteiger partial charge is 0.495 e. The van der Waals surface area contributed by atoms with Gasteiger partial charge in [0.05, 0.1) is 12.0 Å². The van der Waals surface area contributed by atoms with E-state index in [1.54, 1.807) is 11.0 Å². The predicted octanol–water partition coefficient (Wildman–Crippen LogP) is 7.44. The van der Waals surface area contributed by atoms with Crippen molar-refractivity contribution in [2.75, 3.05) is 7.11 Å². The number of amides is 2. The van der Waals surface area contributed by atoms with Crippen LogP contribution in [0.2, 0.25) is 0 Å². The molecule has 0 aliphatic rings. The molecule has 5 aromatic rings. The number of carbonyl (C=O) groups is 2. The van der Waals surface area contributed by atoms with Gasteiger partial charge in [-0.2, -0.15) is 0 Å². The molecular formula is C35H32N2O3S. The Balaban J connectivity index is 1.45. The SMILES string of the molecule is COc1cc(C(=O)N(Cc2ccccc2)Cc2ccccc2)sc1C(=O)N(Cc1ccccc1)Cc1ccccc1. The van der Waals surface area contributed by atoms with E-state index in [9.17, 15) is 9.59 Å². The molecule has 0 unspecified atom stereocenters. The summed E-state index contributed by atoms with van der Waals surface area (Å²) in [4.78, 5) is 32.5. The summed E-state index contributed by atoms with van der Waals surface area (Å²) in [7, 11) is 1.54. The monoisotopic (exact) mass is 560 g/mol. The van der Waals surface area contributed by atoms with E-state index in [0.29, 0.717) is 41.7 Å². The summed E-state index contributed by atoms with van der Waals surface area (Å²) in [5.74, 6) is 0.0999. The first kappa shape index (κ1) is 27.9. The van der Waals surface area contributed by atoms with Gasteiger partial charge in [0.2, 0.25) is 0 Å². The molecular weight excluding hydrogens is 528 g/mol. The molecule has 0 aliphatic carbocycles. The molecule has 5 rings (SSSR count). The Hall–Kier alpha value is -4.68. The van der Waals surface area contributed by atoms with Crippen LogP contribution in [0.1, 0.15) is 41.6 Å². The fourth-order valence-corrected chi connectivity index (χ4v) is 5.76. The zero-order chi connectivity index (χ0) is 28.4. The summed E-state index contributed by atoms with van der Waals surface area (Å²) in [6.07, 6.45) is 0. The highest BCUT2D eigenvalue weighted by atomic mass is 32.1. The summed E-state index contributed by atoms with van der Waals surface area (Å²) in [6, 6.07) is 41.4. The number of carbonyl (C=O) groups excluding carboxylic acids is 2. The number of hydrogen-bond donors (Lipinski definition) is 0. The van der Waals surface area contributed by atoms with E-state index >= 15 is 0 Å². The zero-order valence-corrected chi connectivity index (χ0v) is 23.8. The van der Waals surface area contributed by atoms with Crippen LogP contribution in [0.4, 0.5) is 0 Å². The molecule has 0 spiro atoms. The van der Waals surface area contributed by atoms with Gasteiger partial charge in [-0.15, -0.1) is 11.3 Å². The standard InChI is InChI=1S/C35H32N2O3S/c1-40-31-22-32(34(38)36(23-27-14-6-2-7-15-27)24-28-16-8-3-9-17-28)41-33(31)35(39)37(25-29-18-10-4-11-19-29)26-30-20-12-5-13-21-30/h2-22H,23-26H2,1H3. The van der Waals surface area contributed by atoms with Crippen molar-refractivity contribution in [1.82, 2.24) is 9.80 Å². The molecule has 206 valence electrons. The lowest BCUT2D eigenvalue weighted by molar-refractivity contribution is 0.0727. The maximum Gasteiger partial charge on any atom is 0.268 e. The second-order valence-electron chi connectivity index (χ2n) is 9.77. The van der Waals surface area contributed by atoms with Gasteiger partial charge < -0.3 is 14.5 Å². The van der Waals surface area contributed by atoms with Crippen molar-refractivity contribution >= 4 is 23.2 Å². The number of nitrogens with zero attached hydrogens (tertiary/aromatic N) is 2. The highest BCUT2D eigenvalue weighted by molar-refractivity contribution is 7.16. The molecule has 0 bridgehead atoms. The predicted molar refractivity (Wildman–Crippen MR) is 164 cm³/mol. The Kier molecular flexibility index (Phi) is 9.24. The van der Waals surface area contributed by atoms with Crippen LogP contribution in [-0.4, -0.2) is 28.7 Å². The van der Waals surface area contributed by atoms with Gasteiger partial charge in [-0.1, -0.05) is 121 Å². The molecule has 6 heteroatoms. The summed E-state index contributed by atoms with van der Waals surface area (Å²) in [5, 5.41) is 0. The first-order valence-corrected chi connectivity index (χ1v) is 14.3. The number of thiophene rings is 1. The second-order valence-corrected chi connectivity index (χ2v) is 10.8. The van der Waals surface area contributed by atoms with Crippen LogP contribution in [0.25, 0.3) is 0 Å². The molecule has 2 amide bonds. The Morgan fingerprint density at radius 3 is 1.24 bits per heavy atom. The Labute approximate surface area is 245 Å². The Morgan fingerprint density at radius 2 is 0.902 bits per heavy atom. The van der Waals surface area contributed by atoms with Crippen molar-refractivity contribution in [2.24, 2.45) is 0 Å². The van der Waals surface area contributed by atoms with E-state index < -0.39 is 0 Å². The van der Waals surface area contributed by atoms with Crippen LogP contribution < -0.4 is 4.74 Å². The van der Waals surface area contributed by atoms with Crippen molar-refractivity contribution in [2.45, 2.75) is 26.2 Å². The third kappa shape index (κ3) is 7.29. The second kappa shape index (κ2) is 13.6. The average molecular weight is 561 g/mol. The van der Waals surface area contributed by atoms with Crippen LogP contribution in [0, 0.1) is 0 Å². The molecule has 0 fully saturated rings. The molecule has 5 nitrogen and oxygen atoms in total. The summed E-state index contributed by atoms with van der Waals surface area (Å²) >= 11 is 1.19. The fourth-order valence-electron chi connectivity index (χ4n) is 4.69. The molecule has 1 heterocycles. The summed E-state index contributed by atoms with van der Waals surface area (Å²) in [6.45, 7) is 1.78. The lowest BCUT2D eigenvalue weighted by atomic mass is 10.1. The summed E-state index contributed by atoms with van der Waals surface area (Å²) in [5.41, 5.74) is 4.13. The molecule has 0 N–H and O–H groups in total. The van der Waals surface area contributed by atoms with Gasteiger partial charge >= 0.3 is 0 Å². The van der Waals surface area contributed by atoms with Crippen molar-refractivity contribution in [3.63, 3.8) is 0 Å². The summed E-state index contributed by atoms with van der Waals surface area (Å²) < 4.78 is 5.66. The zero-order valence-electron chi connectivity index (χ0n) is 23.0. The highest BCUT2D eigenvalue weighted by Gasteiger charge is 2.27. The van der Waals surface area contributed by atoms with Crippen molar-refractivity contribution in [1.29, 1.82) is 0 Å². The molecule has 0 saturated carbocycles. The lowest BCUT2D eigenvalue weighted by Crippen LogP contribution is -2.30. The maximum atomic E-state index is 14.1. The number of rotatable bonds is 11. The normalized spacial score (nSPS) is 10.7. The van der Waals surface area contributed by atoms with Gasteiger partial charge in [0.15, 0.2) is 0 Å².